The average molecular weight is 236 g/mol. The summed E-state index contributed by atoms with van der Waals surface area (Å²) in [4.78, 5) is 11.3. The van der Waals surface area contributed by atoms with Crippen molar-refractivity contribution in [1.82, 2.24) is 9.78 Å². The molecule has 17 heavy (non-hydrogen) atoms. The summed E-state index contributed by atoms with van der Waals surface area (Å²) in [6.07, 6.45) is 3.07. The van der Waals surface area contributed by atoms with E-state index in [9.17, 15) is 4.79 Å². The average Bonchev–Trinajstić information content (AvgIpc) is 3.02. The third kappa shape index (κ3) is 2.35. The van der Waals surface area contributed by atoms with Gasteiger partial charge in [-0.05, 0) is 44.6 Å². The van der Waals surface area contributed by atoms with Crippen molar-refractivity contribution < 1.29 is 9.53 Å². The Hall–Kier alpha value is -1.32. The Kier molecular flexibility index (Phi) is 3.22. The molecule has 0 bridgehead atoms. The lowest BCUT2D eigenvalue weighted by Gasteiger charge is -2.02. The lowest BCUT2D eigenvalue weighted by molar-refractivity contribution is -0.142. The van der Waals surface area contributed by atoms with E-state index >= 15 is 0 Å². The molecule has 0 spiro atoms. The lowest BCUT2D eigenvalue weighted by Crippen LogP contribution is -2.05. The third-order valence-electron chi connectivity index (χ3n) is 3.85. The largest absolute Gasteiger partial charge is 0.469 e. The van der Waals surface area contributed by atoms with Crippen LogP contribution >= 0.6 is 0 Å². The molecule has 4 heteroatoms. The standard InChI is InChI=1S/C13H20N2O2/c1-8-11(9(2)15(3)14-8)6-5-10-7-12(10)13(16)17-4/h10,12H,5-7H2,1-4H3. The van der Waals surface area contributed by atoms with Crippen molar-refractivity contribution in [2.24, 2.45) is 18.9 Å². The zero-order chi connectivity index (χ0) is 12.6. The Morgan fingerprint density at radius 3 is 2.76 bits per heavy atom. The number of aromatic nitrogens is 2. The molecule has 4 nitrogen and oxygen atoms in total. The van der Waals surface area contributed by atoms with E-state index in [1.54, 1.807) is 0 Å². The first-order valence-corrected chi connectivity index (χ1v) is 6.11. The number of aryl methyl sites for hydroxylation is 2. The number of methoxy groups -OCH3 is 1. The lowest BCUT2D eigenvalue weighted by atomic mass is 10.0. The minimum Gasteiger partial charge on any atom is -0.469 e. The number of esters is 1. The normalized spacial score (nSPS) is 22.6. The highest BCUT2D eigenvalue weighted by molar-refractivity contribution is 5.75. The molecule has 0 aromatic carbocycles. The Morgan fingerprint density at radius 2 is 2.24 bits per heavy atom. The number of hydrogen-bond acceptors (Lipinski definition) is 3. The fraction of sp³-hybridized carbons (Fsp3) is 0.692. The van der Waals surface area contributed by atoms with E-state index in [1.807, 2.05) is 18.7 Å². The molecule has 0 amide bonds. The quantitative estimate of drug-likeness (QED) is 0.748. The van der Waals surface area contributed by atoms with Crippen molar-refractivity contribution in [1.29, 1.82) is 0 Å². The van der Waals surface area contributed by atoms with Crippen LogP contribution < -0.4 is 0 Å². The monoisotopic (exact) mass is 236 g/mol. The van der Waals surface area contributed by atoms with Gasteiger partial charge in [-0.1, -0.05) is 0 Å². The number of rotatable bonds is 4. The Balaban J connectivity index is 1.90. The van der Waals surface area contributed by atoms with Crippen LogP contribution in [0.4, 0.5) is 0 Å². The van der Waals surface area contributed by atoms with E-state index in [-0.39, 0.29) is 11.9 Å². The van der Waals surface area contributed by atoms with Gasteiger partial charge in [-0.25, -0.2) is 0 Å². The SMILES string of the molecule is COC(=O)C1CC1CCc1c(C)nn(C)c1C. The van der Waals surface area contributed by atoms with E-state index in [0.29, 0.717) is 5.92 Å². The Labute approximate surface area is 102 Å². The molecule has 94 valence electrons. The molecule has 0 saturated heterocycles. The van der Waals surface area contributed by atoms with Gasteiger partial charge < -0.3 is 4.74 Å². The van der Waals surface area contributed by atoms with Gasteiger partial charge in [0, 0.05) is 12.7 Å². The summed E-state index contributed by atoms with van der Waals surface area (Å²) in [5.74, 6) is 0.619. The molecule has 1 heterocycles. The molecule has 1 aromatic rings. The molecule has 0 N–H and O–H groups in total. The Bertz CT molecular complexity index is 437. The second-order valence-corrected chi connectivity index (χ2v) is 4.94. The molecular weight excluding hydrogens is 216 g/mol. The van der Waals surface area contributed by atoms with Gasteiger partial charge >= 0.3 is 5.97 Å². The topological polar surface area (TPSA) is 44.1 Å². The molecule has 1 aliphatic rings. The highest BCUT2D eigenvalue weighted by atomic mass is 16.5. The summed E-state index contributed by atoms with van der Waals surface area (Å²) in [7, 11) is 3.44. The maximum absolute atomic E-state index is 11.3. The third-order valence-corrected chi connectivity index (χ3v) is 3.85. The number of hydrogen-bond donors (Lipinski definition) is 0. The van der Waals surface area contributed by atoms with Gasteiger partial charge in [0.25, 0.3) is 0 Å². The second kappa shape index (κ2) is 4.51. The zero-order valence-electron chi connectivity index (χ0n) is 11.0. The number of carbonyl (C=O) groups is 1. The number of ether oxygens (including phenoxy) is 1. The van der Waals surface area contributed by atoms with Crippen LogP contribution in [0.5, 0.6) is 0 Å². The van der Waals surface area contributed by atoms with Crippen molar-refractivity contribution >= 4 is 5.97 Å². The van der Waals surface area contributed by atoms with Crippen molar-refractivity contribution in [3.63, 3.8) is 0 Å². The summed E-state index contributed by atoms with van der Waals surface area (Å²) >= 11 is 0. The van der Waals surface area contributed by atoms with Crippen LogP contribution in [-0.2, 0) is 23.0 Å². The van der Waals surface area contributed by atoms with Gasteiger partial charge in [0.2, 0.25) is 0 Å². The summed E-state index contributed by atoms with van der Waals surface area (Å²) in [6, 6.07) is 0. The van der Waals surface area contributed by atoms with Crippen molar-refractivity contribution in [2.45, 2.75) is 33.1 Å². The van der Waals surface area contributed by atoms with Crippen LogP contribution in [-0.4, -0.2) is 22.9 Å². The maximum Gasteiger partial charge on any atom is 0.308 e. The fourth-order valence-corrected chi connectivity index (χ4v) is 2.52. The number of carbonyl (C=O) groups excluding carboxylic acids is 1. The van der Waals surface area contributed by atoms with Gasteiger partial charge in [0.1, 0.15) is 0 Å². The summed E-state index contributed by atoms with van der Waals surface area (Å²) in [6.45, 7) is 4.15. The molecule has 2 unspecified atom stereocenters. The fourth-order valence-electron chi connectivity index (χ4n) is 2.52. The van der Waals surface area contributed by atoms with Gasteiger partial charge in [0.05, 0.1) is 18.7 Å². The predicted molar refractivity (Wildman–Crippen MR) is 64.6 cm³/mol. The van der Waals surface area contributed by atoms with Gasteiger partial charge in [-0.2, -0.15) is 5.10 Å². The van der Waals surface area contributed by atoms with Crippen LogP contribution in [0.3, 0.4) is 0 Å². The van der Waals surface area contributed by atoms with Crippen molar-refractivity contribution in [3.8, 4) is 0 Å². The van der Waals surface area contributed by atoms with E-state index in [2.05, 4.69) is 12.0 Å². The van der Waals surface area contributed by atoms with Crippen LogP contribution in [0.1, 0.15) is 29.8 Å². The van der Waals surface area contributed by atoms with Crippen LogP contribution in [0, 0.1) is 25.7 Å². The van der Waals surface area contributed by atoms with E-state index < -0.39 is 0 Å². The van der Waals surface area contributed by atoms with E-state index in [1.165, 1.54) is 18.4 Å². The summed E-state index contributed by atoms with van der Waals surface area (Å²) in [5.41, 5.74) is 3.68. The van der Waals surface area contributed by atoms with Crippen LogP contribution in [0.2, 0.25) is 0 Å². The number of nitrogens with zero attached hydrogens (tertiary/aromatic N) is 2. The van der Waals surface area contributed by atoms with Crippen LogP contribution in [0.15, 0.2) is 0 Å². The van der Waals surface area contributed by atoms with Gasteiger partial charge in [0.15, 0.2) is 0 Å². The first kappa shape index (κ1) is 12.1. The summed E-state index contributed by atoms with van der Waals surface area (Å²) < 4.78 is 6.68. The highest BCUT2D eigenvalue weighted by Gasteiger charge is 2.43. The molecule has 1 saturated carbocycles. The first-order chi connectivity index (χ1) is 8.04. The predicted octanol–water partition coefficient (Wildman–Crippen LogP) is 1.78. The zero-order valence-corrected chi connectivity index (χ0v) is 11.0. The maximum atomic E-state index is 11.3. The van der Waals surface area contributed by atoms with E-state index in [4.69, 9.17) is 4.74 Å². The molecule has 1 aliphatic carbocycles. The van der Waals surface area contributed by atoms with Gasteiger partial charge in [-0.15, -0.1) is 0 Å². The van der Waals surface area contributed by atoms with Crippen molar-refractivity contribution in [3.05, 3.63) is 17.0 Å². The van der Waals surface area contributed by atoms with Crippen molar-refractivity contribution in [2.75, 3.05) is 7.11 Å². The molecule has 0 aliphatic heterocycles. The summed E-state index contributed by atoms with van der Waals surface area (Å²) in [5, 5.41) is 4.40. The Morgan fingerprint density at radius 1 is 1.53 bits per heavy atom. The van der Waals surface area contributed by atoms with E-state index in [0.717, 1.165) is 25.0 Å². The molecule has 1 aromatic heterocycles. The van der Waals surface area contributed by atoms with Gasteiger partial charge in [-0.3, -0.25) is 9.48 Å². The van der Waals surface area contributed by atoms with Crippen LogP contribution in [0.25, 0.3) is 0 Å². The molecular formula is C13H20N2O2. The first-order valence-electron chi connectivity index (χ1n) is 6.11. The molecule has 1 fully saturated rings. The second-order valence-electron chi connectivity index (χ2n) is 4.94. The molecule has 0 radical (unpaired) electrons. The smallest absolute Gasteiger partial charge is 0.308 e. The molecule has 2 rings (SSSR count). The molecule has 2 atom stereocenters. The minimum absolute atomic E-state index is 0.0466. The minimum atomic E-state index is -0.0466. The highest BCUT2D eigenvalue weighted by Crippen LogP contribution is 2.42.